The van der Waals surface area contributed by atoms with Gasteiger partial charge in [0.25, 0.3) is 5.91 Å². The molecule has 0 aromatic heterocycles. The highest BCUT2D eigenvalue weighted by molar-refractivity contribution is 8.27. The van der Waals surface area contributed by atoms with Crippen molar-refractivity contribution in [1.82, 2.24) is 0 Å². The molecule has 29 heavy (non-hydrogen) atoms. The van der Waals surface area contributed by atoms with E-state index in [0.29, 0.717) is 26.4 Å². The number of amides is 1. The van der Waals surface area contributed by atoms with Crippen LogP contribution in [0.5, 0.6) is 17.2 Å². The molecule has 0 aliphatic carbocycles. The number of nitrogens with zero attached hydrogens (tertiary/aromatic N) is 1. The second-order valence-corrected chi connectivity index (χ2v) is 7.85. The topological polar surface area (TPSA) is 38.8 Å². The molecule has 0 atom stereocenters. The van der Waals surface area contributed by atoms with Gasteiger partial charge in [-0.15, -0.1) is 0 Å². The van der Waals surface area contributed by atoms with Crippen LogP contribution in [-0.2, 0) is 4.79 Å². The number of benzene rings is 3. The largest absolute Gasteiger partial charge is 0.495 e. The van der Waals surface area contributed by atoms with Gasteiger partial charge in [-0.25, -0.2) is 0 Å². The Morgan fingerprint density at radius 1 is 0.931 bits per heavy atom. The van der Waals surface area contributed by atoms with Crippen LogP contribution in [0.15, 0.2) is 83.8 Å². The van der Waals surface area contributed by atoms with Gasteiger partial charge in [0.1, 0.15) is 17.2 Å². The molecule has 1 fully saturated rings. The molecule has 1 heterocycles. The van der Waals surface area contributed by atoms with E-state index in [1.54, 1.807) is 7.11 Å². The lowest BCUT2D eigenvalue weighted by molar-refractivity contribution is -0.113. The standard InChI is InChI=1S/C23H17NO3S2/c1-26-20-13-6-5-12-19(20)24-22(25)21(29-23(24)28)15-16-8-7-11-18(14-16)27-17-9-3-2-4-10-17/h2-15H,1H3/b21-15+. The van der Waals surface area contributed by atoms with E-state index in [9.17, 15) is 4.79 Å². The van der Waals surface area contributed by atoms with Gasteiger partial charge in [-0.05, 0) is 48.0 Å². The van der Waals surface area contributed by atoms with Crippen LogP contribution in [0.25, 0.3) is 6.08 Å². The second kappa shape index (κ2) is 8.51. The molecule has 1 aliphatic rings. The highest BCUT2D eigenvalue weighted by Gasteiger charge is 2.34. The number of anilines is 1. The molecule has 0 radical (unpaired) electrons. The van der Waals surface area contributed by atoms with Gasteiger partial charge in [-0.3, -0.25) is 9.69 Å². The Kier molecular flexibility index (Phi) is 5.64. The minimum atomic E-state index is -0.168. The molecule has 3 aromatic rings. The molecule has 1 saturated heterocycles. The maximum atomic E-state index is 13.0. The van der Waals surface area contributed by atoms with E-state index in [-0.39, 0.29) is 5.91 Å². The molecule has 0 unspecified atom stereocenters. The first-order valence-corrected chi connectivity index (χ1v) is 10.1. The fourth-order valence-electron chi connectivity index (χ4n) is 2.93. The van der Waals surface area contributed by atoms with E-state index in [4.69, 9.17) is 21.7 Å². The monoisotopic (exact) mass is 419 g/mol. The highest BCUT2D eigenvalue weighted by Crippen LogP contribution is 2.39. The molecule has 0 bridgehead atoms. The van der Waals surface area contributed by atoms with Crippen LogP contribution in [0, 0.1) is 0 Å². The van der Waals surface area contributed by atoms with Crippen molar-refractivity contribution in [2.75, 3.05) is 12.0 Å². The average molecular weight is 420 g/mol. The quantitative estimate of drug-likeness (QED) is 0.381. The highest BCUT2D eigenvalue weighted by atomic mass is 32.2. The number of carbonyl (C=O) groups is 1. The van der Waals surface area contributed by atoms with E-state index >= 15 is 0 Å². The molecule has 3 aromatic carbocycles. The van der Waals surface area contributed by atoms with Crippen molar-refractivity contribution in [3.8, 4) is 17.2 Å². The van der Waals surface area contributed by atoms with E-state index in [1.165, 1.54) is 16.7 Å². The number of methoxy groups -OCH3 is 1. The first kappa shape index (κ1) is 19.2. The number of carbonyl (C=O) groups excluding carboxylic acids is 1. The van der Waals surface area contributed by atoms with Crippen LogP contribution in [0.2, 0.25) is 0 Å². The third-order valence-electron chi connectivity index (χ3n) is 4.25. The van der Waals surface area contributed by atoms with Gasteiger partial charge in [0.05, 0.1) is 17.7 Å². The summed E-state index contributed by atoms with van der Waals surface area (Å²) in [5.74, 6) is 1.89. The van der Waals surface area contributed by atoms with Crippen molar-refractivity contribution in [1.29, 1.82) is 0 Å². The van der Waals surface area contributed by atoms with Crippen molar-refractivity contribution in [2.24, 2.45) is 0 Å². The number of rotatable bonds is 5. The van der Waals surface area contributed by atoms with Crippen molar-refractivity contribution in [2.45, 2.75) is 0 Å². The van der Waals surface area contributed by atoms with Crippen LogP contribution < -0.4 is 14.4 Å². The van der Waals surface area contributed by atoms with Crippen LogP contribution in [0.1, 0.15) is 5.56 Å². The summed E-state index contributed by atoms with van der Waals surface area (Å²) in [5.41, 5.74) is 1.50. The molecule has 4 rings (SSSR count). The minimum Gasteiger partial charge on any atom is -0.495 e. The molecular weight excluding hydrogens is 402 g/mol. The van der Waals surface area contributed by atoms with Gasteiger partial charge >= 0.3 is 0 Å². The maximum absolute atomic E-state index is 13.0. The normalized spacial score (nSPS) is 15.1. The minimum absolute atomic E-state index is 0.168. The van der Waals surface area contributed by atoms with E-state index in [2.05, 4.69) is 0 Å². The van der Waals surface area contributed by atoms with E-state index < -0.39 is 0 Å². The van der Waals surface area contributed by atoms with Crippen LogP contribution in [0.3, 0.4) is 0 Å². The summed E-state index contributed by atoms with van der Waals surface area (Å²) in [6.45, 7) is 0. The number of thiocarbonyl (C=S) groups is 1. The molecule has 1 aliphatic heterocycles. The van der Waals surface area contributed by atoms with E-state index in [0.717, 1.165) is 11.3 Å². The average Bonchev–Trinajstić information content (AvgIpc) is 3.02. The van der Waals surface area contributed by atoms with Gasteiger partial charge in [0.2, 0.25) is 0 Å². The Morgan fingerprint density at radius 2 is 1.66 bits per heavy atom. The lowest BCUT2D eigenvalue weighted by Crippen LogP contribution is -2.27. The Bertz CT molecular complexity index is 1100. The van der Waals surface area contributed by atoms with Crippen LogP contribution >= 0.6 is 24.0 Å². The molecule has 1 amide bonds. The maximum Gasteiger partial charge on any atom is 0.270 e. The summed E-state index contributed by atoms with van der Waals surface area (Å²) in [4.78, 5) is 15.1. The predicted molar refractivity (Wildman–Crippen MR) is 122 cm³/mol. The zero-order chi connectivity index (χ0) is 20.2. The number of hydrogen-bond acceptors (Lipinski definition) is 5. The Hall–Kier alpha value is -3.09. The fourth-order valence-corrected chi connectivity index (χ4v) is 4.22. The summed E-state index contributed by atoms with van der Waals surface area (Å²) >= 11 is 6.73. The lowest BCUT2D eigenvalue weighted by atomic mass is 10.2. The van der Waals surface area contributed by atoms with Gasteiger partial charge < -0.3 is 9.47 Å². The van der Waals surface area contributed by atoms with Gasteiger partial charge in [0.15, 0.2) is 4.32 Å². The van der Waals surface area contributed by atoms with Gasteiger partial charge in [-0.2, -0.15) is 0 Å². The molecule has 0 saturated carbocycles. The molecular formula is C23H17NO3S2. The number of thioether (sulfide) groups is 1. The Morgan fingerprint density at radius 3 is 2.45 bits per heavy atom. The van der Waals surface area contributed by atoms with Crippen molar-refractivity contribution in [3.05, 3.63) is 89.3 Å². The SMILES string of the molecule is COc1ccccc1N1C(=O)/C(=C\c2cccc(Oc3ccccc3)c2)SC1=S. The molecule has 6 heteroatoms. The first-order valence-electron chi connectivity index (χ1n) is 8.89. The zero-order valence-corrected chi connectivity index (χ0v) is 17.2. The smallest absolute Gasteiger partial charge is 0.270 e. The molecule has 0 N–H and O–H groups in total. The molecule has 4 nitrogen and oxygen atoms in total. The van der Waals surface area contributed by atoms with Crippen molar-refractivity contribution < 1.29 is 14.3 Å². The summed E-state index contributed by atoms with van der Waals surface area (Å²) in [6.07, 6.45) is 1.83. The summed E-state index contributed by atoms with van der Waals surface area (Å²) < 4.78 is 11.7. The summed E-state index contributed by atoms with van der Waals surface area (Å²) in [5, 5.41) is 0. The number of para-hydroxylation sites is 3. The summed E-state index contributed by atoms with van der Waals surface area (Å²) in [7, 11) is 1.57. The van der Waals surface area contributed by atoms with E-state index in [1.807, 2.05) is 84.9 Å². The van der Waals surface area contributed by atoms with Gasteiger partial charge in [-0.1, -0.05) is 66.4 Å². The third kappa shape index (κ3) is 4.18. The number of ether oxygens (including phenoxy) is 2. The van der Waals surface area contributed by atoms with Crippen LogP contribution in [0.4, 0.5) is 5.69 Å². The first-order chi connectivity index (χ1) is 14.2. The lowest BCUT2D eigenvalue weighted by Gasteiger charge is -2.17. The van der Waals surface area contributed by atoms with Gasteiger partial charge in [0, 0.05) is 0 Å². The Balaban J connectivity index is 1.60. The fraction of sp³-hybridized carbons (Fsp3) is 0.0435. The number of hydrogen-bond donors (Lipinski definition) is 0. The molecule has 0 spiro atoms. The summed E-state index contributed by atoms with van der Waals surface area (Å²) in [6, 6.07) is 24.5. The Labute approximate surface area is 178 Å². The predicted octanol–water partition coefficient (Wildman–Crippen LogP) is 5.89. The molecule has 144 valence electrons. The van der Waals surface area contributed by atoms with Crippen molar-refractivity contribution >= 4 is 46.0 Å². The second-order valence-electron chi connectivity index (χ2n) is 6.18. The third-order valence-corrected chi connectivity index (χ3v) is 5.56. The van der Waals surface area contributed by atoms with Crippen LogP contribution in [-0.4, -0.2) is 17.3 Å². The van der Waals surface area contributed by atoms with Crippen molar-refractivity contribution in [3.63, 3.8) is 0 Å². The zero-order valence-electron chi connectivity index (χ0n) is 15.6.